The average Bonchev–Trinajstić information content (AvgIpc) is 2.40. The highest BCUT2D eigenvalue weighted by Crippen LogP contribution is 2.28. The number of carbonyl (C=O) groups excluding carboxylic acids is 1. The first kappa shape index (κ1) is 16.1. The van der Waals surface area contributed by atoms with Crippen molar-refractivity contribution >= 4 is 23.4 Å². The number of benzene rings is 1. The van der Waals surface area contributed by atoms with Gasteiger partial charge in [-0.25, -0.2) is 4.79 Å². The van der Waals surface area contributed by atoms with Crippen molar-refractivity contribution in [1.29, 1.82) is 0 Å². The van der Waals surface area contributed by atoms with Crippen LogP contribution in [0.1, 0.15) is 33.6 Å². The zero-order valence-corrected chi connectivity index (χ0v) is 13.2. The summed E-state index contributed by atoms with van der Waals surface area (Å²) in [6, 6.07) is 6.41. The molecular weight excluding hydrogens is 282 g/mol. The molecule has 2 rings (SSSR count). The van der Waals surface area contributed by atoms with Gasteiger partial charge in [-0.05, 0) is 57.9 Å². The van der Waals surface area contributed by atoms with Crippen LogP contribution in [-0.4, -0.2) is 40.1 Å². The monoisotopic (exact) mass is 305 g/mol. The maximum absolute atomic E-state index is 12.8. The summed E-state index contributed by atoms with van der Waals surface area (Å²) in [6.45, 7) is 6.00. The predicted molar refractivity (Wildman–Crippen MR) is 85.8 cm³/mol. The molecule has 1 unspecified atom stereocenters. The maximum atomic E-state index is 12.8. The number of carboxylic acid groups (broad SMARTS) is 1. The lowest BCUT2D eigenvalue weighted by molar-refractivity contribution is -0.126. The zero-order valence-electron chi connectivity index (χ0n) is 13.2. The first-order chi connectivity index (χ1) is 10.2. The van der Waals surface area contributed by atoms with E-state index in [4.69, 9.17) is 5.73 Å². The van der Waals surface area contributed by atoms with Gasteiger partial charge < -0.3 is 15.7 Å². The van der Waals surface area contributed by atoms with Gasteiger partial charge in [0, 0.05) is 23.5 Å². The van der Waals surface area contributed by atoms with E-state index in [-0.39, 0.29) is 5.91 Å². The van der Waals surface area contributed by atoms with E-state index in [0.29, 0.717) is 18.7 Å². The Hall–Kier alpha value is -2.24. The summed E-state index contributed by atoms with van der Waals surface area (Å²) in [6.07, 6.45) is 0.249. The molecule has 0 bridgehead atoms. The largest absolute Gasteiger partial charge is 0.465 e. The summed E-state index contributed by atoms with van der Waals surface area (Å²) >= 11 is 0. The minimum atomic E-state index is -1.06. The lowest BCUT2D eigenvalue weighted by atomic mass is 9.96. The van der Waals surface area contributed by atoms with Gasteiger partial charge in [0.15, 0.2) is 0 Å². The minimum Gasteiger partial charge on any atom is -0.465 e. The fraction of sp³-hybridized carbons (Fsp3) is 0.500. The van der Waals surface area contributed by atoms with Gasteiger partial charge in [-0.15, -0.1) is 0 Å². The molecule has 2 amide bonds. The van der Waals surface area contributed by atoms with Gasteiger partial charge in [-0.1, -0.05) is 0 Å². The summed E-state index contributed by atoms with van der Waals surface area (Å²) in [5.41, 5.74) is 6.43. The van der Waals surface area contributed by atoms with Crippen LogP contribution in [0.15, 0.2) is 24.3 Å². The van der Waals surface area contributed by atoms with Crippen molar-refractivity contribution in [3.05, 3.63) is 24.3 Å². The Bertz CT molecular complexity index is 563. The maximum Gasteiger partial charge on any atom is 0.408 e. The number of hydrogen-bond donors (Lipinski definition) is 2. The number of carbonyl (C=O) groups is 2. The second-order valence-electron chi connectivity index (χ2n) is 6.56. The van der Waals surface area contributed by atoms with Crippen LogP contribution in [0.3, 0.4) is 0 Å². The smallest absolute Gasteiger partial charge is 0.408 e. The summed E-state index contributed by atoms with van der Waals surface area (Å²) in [5.74, 6) is -0.173. The van der Waals surface area contributed by atoms with Crippen molar-refractivity contribution in [1.82, 2.24) is 4.90 Å². The summed E-state index contributed by atoms with van der Waals surface area (Å²) in [7, 11) is 0. The molecule has 1 aromatic rings. The van der Waals surface area contributed by atoms with E-state index in [1.54, 1.807) is 49.9 Å². The van der Waals surface area contributed by atoms with Crippen LogP contribution in [0.5, 0.6) is 0 Å². The quantitative estimate of drug-likeness (QED) is 0.822. The van der Waals surface area contributed by atoms with E-state index in [0.717, 1.165) is 12.1 Å². The highest BCUT2D eigenvalue weighted by Gasteiger charge is 2.41. The molecule has 6 nitrogen and oxygen atoms in total. The Balaban J connectivity index is 2.29. The van der Waals surface area contributed by atoms with Gasteiger partial charge >= 0.3 is 6.09 Å². The SMILES string of the molecule is CC(C)(C)N(C(=O)O)C1CCCN(c2ccc(N)cc2)C1=O. The standard InChI is InChI=1S/C16H23N3O3/c1-16(2,3)19(15(21)22)13-5-4-10-18(14(13)20)12-8-6-11(17)7-9-12/h6-9,13H,4-5,10,17H2,1-3H3,(H,21,22). The van der Waals surface area contributed by atoms with Gasteiger partial charge in [0.25, 0.3) is 0 Å². The topological polar surface area (TPSA) is 86.9 Å². The Morgan fingerprint density at radius 1 is 1.32 bits per heavy atom. The van der Waals surface area contributed by atoms with Crippen LogP contribution in [0.4, 0.5) is 16.2 Å². The number of anilines is 2. The van der Waals surface area contributed by atoms with E-state index in [1.807, 2.05) is 0 Å². The molecule has 0 aromatic heterocycles. The Labute approximate surface area is 130 Å². The first-order valence-corrected chi connectivity index (χ1v) is 7.41. The van der Waals surface area contributed by atoms with Crippen molar-refractivity contribution in [3.63, 3.8) is 0 Å². The molecule has 0 spiro atoms. The molecule has 22 heavy (non-hydrogen) atoms. The lowest BCUT2D eigenvalue weighted by Gasteiger charge is -2.43. The first-order valence-electron chi connectivity index (χ1n) is 7.41. The van der Waals surface area contributed by atoms with E-state index >= 15 is 0 Å². The van der Waals surface area contributed by atoms with Gasteiger partial charge in [0.05, 0.1) is 0 Å². The molecule has 6 heteroatoms. The van der Waals surface area contributed by atoms with Gasteiger partial charge in [-0.3, -0.25) is 9.69 Å². The number of nitrogens with two attached hydrogens (primary N) is 1. The van der Waals surface area contributed by atoms with Crippen LogP contribution in [0.2, 0.25) is 0 Å². The number of hydrogen-bond acceptors (Lipinski definition) is 3. The van der Waals surface area contributed by atoms with E-state index in [9.17, 15) is 14.7 Å². The Morgan fingerprint density at radius 2 is 1.91 bits per heavy atom. The van der Waals surface area contributed by atoms with Crippen LogP contribution in [0.25, 0.3) is 0 Å². The van der Waals surface area contributed by atoms with Crippen molar-refractivity contribution in [3.8, 4) is 0 Å². The number of nitrogens with zero attached hydrogens (tertiary/aromatic N) is 2. The summed E-state index contributed by atoms with van der Waals surface area (Å²) < 4.78 is 0. The fourth-order valence-corrected chi connectivity index (χ4v) is 2.89. The normalized spacial score (nSPS) is 19.1. The molecule has 1 heterocycles. The summed E-state index contributed by atoms with van der Waals surface area (Å²) in [5, 5.41) is 9.51. The number of piperidine rings is 1. The second-order valence-corrected chi connectivity index (χ2v) is 6.56. The fourth-order valence-electron chi connectivity index (χ4n) is 2.89. The molecule has 1 saturated heterocycles. The van der Waals surface area contributed by atoms with Gasteiger partial charge in [0.1, 0.15) is 6.04 Å². The molecule has 0 saturated carbocycles. The second kappa shape index (κ2) is 5.87. The molecular formula is C16H23N3O3. The third kappa shape index (κ3) is 3.16. The van der Waals surface area contributed by atoms with Crippen molar-refractivity contribution in [2.45, 2.75) is 45.2 Å². The van der Waals surface area contributed by atoms with Crippen LogP contribution >= 0.6 is 0 Å². The van der Waals surface area contributed by atoms with Crippen LogP contribution in [0, 0.1) is 0 Å². The molecule has 1 aliphatic rings. The third-order valence-corrected chi connectivity index (χ3v) is 3.86. The third-order valence-electron chi connectivity index (χ3n) is 3.86. The molecule has 1 aliphatic heterocycles. The molecule has 1 atom stereocenters. The molecule has 1 aromatic carbocycles. The Kier molecular flexibility index (Phi) is 4.30. The number of amides is 2. The predicted octanol–water partition coefficient (Wildman–Crippen LogP) is 2.54. The summed E-state index contributed by atoms with van der Waals surface area (Å²) in [4.78, 5) is 27.3. The Morgan fingerprint density at radius 3 is 2.41 bits per heavy atom. The number of rotatable bonds is 2. The lowest BCUT2D eigenvalue weighted by Crippen LogP contribution is -2.59. The average molecular weight is 305 g/mol. The van der Waals surface area contributed by atoms with Gasteiger partial charge in [0.2, 0.25) is 5.91 Å². The van der Waals surface area contributed by atoms with E-state index < -0.39 is 17.7 Å². The minimum absolute atomic E-state index is 0.173. The van der Waals surface area contributed by atoms with Crippen LogP contribution in [-0.2, 0) is 4.79 Å². The van der Waals surface area contributed by atoms with Gasteiger partial charge in [-0.2, -0.15) is 0 Å². The van der Waals surface area contributed by atoms with Crippen molar-refractivity contribution in [2.24, 2.45) is 0 Å². The highest BCUT2D eigenvalue weighted by atomic mass is 16.4. The zero-order chi connectivity index (χ0) is 16.5. The van der Waals surface area contributed by atoms with Crippen molar-refractivity contribution in [2.75, 3.05) is 17.2 Å². The van der Waals surface area contributed by atoms with E-state index in [2.05, 4.69) is 0 Å². The van der Waals surface area contributed by atoms with Crippen molar-refractivity contribution < 1.29 is 14.7 Å². The van der Waals surface area contributed by atoms with E-state index in [1.165, 1.54) is 4.90 Å². The molecule has 0 aliphatic carbocycles. The molecule has 0 radical (unpaired) electrons. The highest BCUT2D eigenvalue weighted by molar-refractivity contribution is 5.99. The molecule has 120 valence electrons. The molecule has 1 fully saturated rings. The molecule has 3 N–H and O–H groups in total. The number of nitrogen functional groups attached to an aromatic ring is 1. The van der Waals surface area contributed by atoms with Crippen LogP contribution < -0.4 is 10.6 Å².